The third-order valence-corrected chi connectivity index (χ3v) is 4.49. The van der Waals surface area contributed by atoms with Crippen LogP contribution >= 0.6 is 15.9 Å². The fourth-order valence-corrected chi connectivity index (χ4v) is 3.52. The minimum Gasteiger partial charge on any atom is -0.384 e. The lowest BCUT2D eigenvalue weighted by molar-refractivity contribution is 0.143. The van der Waals surface area contributed by atoms with E-state index in [1.807, 2.05) is 0 Å². The molecule has 1 atom stereocenters. The van der Waals surface area contributed by atoms with E-state index in [2.05, 4.69) is 51.3 Å². The topological polar surface area (TPSA) is 24.5 Å². The van der Waals surface area contributed by atoms with Crippen LogP contribution in [0.4, 0.5) is 5.69 Å². The Labute approximate surface area is 130 Å². The molecule has 0 radical (unpaired) electrons. The molecule has 4 heteroatoms. The third-order valence-electron chi connectivity index (χ3n) is 3.85. The van der Waals surface area contributed by atoms with Gasteiger partial charge in [-0.15, -0.1) is 0 Å². The van der Waals surface area contributed by atoms with Crippen LogP contribution in [0.2, 0.25) is 0 Å². The Balaban J connectivity index is 2.04. The Kier molecular flexibility index (Phi) is 6.33. The summed E-state index contributed by atoms with van der Waals surface area (Å²) in [7, 11) is 1.80. The zero-order chi connectivity index (χ0) is 14.4. The minimum absolute atomic E-state index is 0.655. The summed E-state index contributed by atoms with van der Waals surface area (Å²) in [5, 5.41) is 3.36. The molecule has 1 aliphatic heterocycles. The molecular formula is C16H25BrN2O. The Morgan fingerprint density at radius 3 is 3.00 bits per heavy atom. The Morgan fingerprint density at radius 2 is 2.30 bits per heavy atom. The second-order valence-electron chi connectivity index (χ2n) is 5.48. The van der Waals surface area contributed by atoms with Gasteiger partial charge < -0.3 is 15.0 Å². The van der Waals surface area contributed by atoms with Crippen molar-refractivity contribution in [3.8, 4) is 0 Å². The second kappa shape index (κ2) is 8.01. The highest BCUT2D eigenvalue weighted by Gasteiger charge is 2.21. The van der Waals surface area contributed by atoms with E-state index in [4.69, 9.17) is 4.74 Å². The van der Waals surface area contributed by atoms with Crippen molar-refractivity contribution < 1.29 is 4.74 Å². The lowest BCUT2D eigenvalue weighted by Gasteiger charge is -2.34. The molecule has 3 nitrogen and oxygen atoms in total. The molecule has 1 aromatic rings. The molecule has 1 N–H and O–H groups in total. The van der Waals surface area contributed by atoms with Crippen LogP contribution in [0.25, 0.3) is 0 Å². The van der Waals surface area contributed by atoms with Crippen LogP contribution in [0.3, 0.4) is 0 Å². The number of nitrogens with zero attached hydrogens (tertiary/aromatic N) is 1. The average Bonchev–Trinajstić information content (AvgIpc) is 2.46. The van der Waals surface area contributed by atoms with Crippen molar-refractivity contribution in [3.05, 3.63) is 28.2 Å². The number of methoxy groups -OCH3 is 1. The number of ether oxygens (including phenoxy) is 1. The molecule has 1 fully saturated rings. The van der Waals surface area contributed by atoms with Gasteiger partial charge in [-0.2, -0.15) is 0 Å². The molecule has 1 aromatic carbocycles. The van der Waals surface area contributed by atoms with Gasteiger partial charge in [0.2, 0.25) is 0 Å². The largest absolute Gasteiger partial charge is 0.384 e. The van der Waals surface area contributed by atoms with Crippen LogP contribution in [0.1, 0.15) is 25.3 Å². The molecule has 0 aromatic heterocycles. The van der Waals surface area contributed by atoms with Gasteiger partial charge in [0.05, 0.1) is 12.3 Å². The van der Waals surface area contributed by atoms with Crippen LogP contribution in [0.5, 0.6) is 0 Å². The molecule has 2 rings (SSSR count). The maximum Gasteiger partial charge on any atom is 0.0510 e. The molecule has 1 heterocycles. The molecule has 0 aliphatic carbocycles. The number of halogens is 1. The third kappa shape index (κ3) is 4.21. The van der Waals surface area contributed by atoms with E-state index in [1.54, 1.807) is 7.11 Å². The van der Waals surface area contributed by atoms with E-state index in [-0.39, 0.29) is 0 Å². The average molecular weight is 341 g/mol. The number of rotatable bonds is 6. The monoisotopic (exact) mass is 340 g/mol. The molecule has 0 spiro atoms. The van der Waals surface area contributed by atoms with E-state index < -0.39 is 0 Å². The minimum atomic E-state index is 0.655. The molecular weight excluding hydrogens is 316 g/mol. The molecule has 20 heavy (non-hydrogen) atoms. The Morgan fingerprint density at radius 1 is 1.45 bits per heavy atom. The molecule has 1 aliphatic rings. The van der Waals surface area contributed by atoms with E-state index in [0.717, 1.165) is 32.8 Å². The highest BCUT2D eigenvalue weighted by molar-refractivity contribution is 9.10. The van der Waals surface area contributed by atoms with Crippen molar-refractivity contribution in [1.82, 2.24) is 5.32 Å². The first-order valence-corrected chi connectivity index (χ1v) is 8.27. The van der Waals surface area contributed by atoms with Crippen molar-refractivity contribution >= 4 is 21.6 Å². The van der Waals surface area contributed by atoms with Gasteiger partial charge in [0, 0.05) is 31.2 Å². The fourth-order valence-electron chi connectivity index (χ4n) is 2.84. The van der Waals surface area contributed by atoms with Crippen molar-refractivity contribution in [2.45, 2.75) is 26.3 Å². The second-order valence-corrected chi connectivity index (χ2v) is 6.33. The van der Waals surface area contributed by atoms with Gasteiger partial charge in [-0.1, -0.05) is 13.0 Å². The van der Waals surface area contributed by atoms with Gasteiger partial charge in [-0.3, -0.25) is 0 Å². The van der Waals surface area contributed by atoms with E-state index >= 15 is 0 Å². The predicted molar refractivity (Wildman–Crippen MR) is 88.3 cm³/mol. The number of hydrogen-bond donors (Lipinski definition) is 1. The van der Waals surface area contributed by atoms with Crippen LogP contribution in [-0.2, 0) is 11.3 Å². The van der Waals surface area contributed by atoms with Gasteiger partial charge in [0.25, 0.3) is 0 Å². The number of piperidine rings is 1. The van der Waals surface area contributed by atoms with Crippen molar-refractivity contribution in [1.29, 1.82) is 0 Å². The zero-order valence-corrected chi connectivity index (χ0v) is 14.1. The number of benzene rings is 1. The first kappa shape index (κ1) is 15.8. The quantitative estimate of drug-likeness (QED) is 0.858. The lowest BCUT2D eigenvalue weighted by Crippen LogP contribution is -2.37. The first-order chi connectivity index (χ1) is 9.74. The summed E-state index contributed by atoms with van der Waals surface area (Å²) in [6.45, 7) is 7.18. The highest BCUT2D eigenvalue weighted by atomic mass is 79.9. The van der Waals surface area contributed by atoms with Crippen molar-refractivity contribution in [2.24, 2.45) is 5.92 Å². The van der Waals surface area contributed by atoms with Crippen LogP contribution < -0.4 is 10.2 Å². The molecule has 1 saturated heterocycles. The molecule has 112 valence electrons. The standard InChI is InChI=1S/C16H25BrN2O/c1-3-18-10-13-6-7-16(15(17)9-13)19-8-4-5-14(11-19)12-20-2/h6-7,9,14,18H,3-5,8,10-12H2,1-2H3. The van der Waals surface area contributed by atoms with Crippen molar-refractivity contribution in [2.75, 3.05) is 38.3 Å². The highest BCUT2D eigenvalue weighted by Crippen LogP contribution is 2.31. The predicted octanol–water partition coefficient (Wildman–Crippen LogP) is 3.42. The van der Waals surface area contributed by atoms with Crippen LogP contribution in [0, 0.1) is 5.92 Å². The Bertz CT molecular complexity index is 423. The maximum absolute atomic E-state index is 5.31. The normalized spacial score (nSPS) is 19.4. The molecule has 0 saturated carbocycles. The fraction of sp³-hybridized carbons (Fsp3) is 0.625. The van der Waals surface area contributed by atoms with E-state index in [0.29, 0.717) is 5.92 Å². The van der Waals surface area contributed by atoms with Crippen molar-refractivity contribution in [3.63, 3.8) is 0 Å². The number of nitrogens with one attached hydrogen (secondary N) is 1. The van der Waals surface area contributed by atoms with E-state index in [9.17, 15) is 0 Å². The number of hydrogen-bond acceptors (Lipinski definition) is 3. The van der Waals surface area contributed by atoms with Gasteiger partial charge in [-0.05, 0) is 58.9 Å². The maximum atomic E-state index is 5.31. The summed E-state index contributed by atoms with van der Waals surface area (Å²) in [4.78, 5) is 2.48. The number of anilines is 1. The summed E-state index contributed by atoms with van der Waals surface area (Å²) in [6.07, 6.45) is 2.53. The summed E-state index contributed by atoms with van der Waals surface area (Å²) in [5.74, 6) is 0.655. The summed E-state index contributed by atoms with van der Waals surface area (Å²) >= 11 is 3.73. The molecule has 1 unspecified atom stereocenters. The van der Waals surface area contributed by atoms with Gasteiger partial charge in [-0.25, -0.2) is 0 Å². The summed E-state index contributed by atoms with van der Waals surface area (Å²) in [6, 6.07) is 6.70. The summed E-state index contributed by atoms with van der Waals surface area (Å²) < 4.78 is 6.51. The van der Waals surface area contributed by atoms with Gasteiger partial charge >= 0.3 is 0 Å². The molecule has 0 bridgehead atoms. The molecule has 0 amide bonds. The van der Waals surface area contributed by atoms with Crippen LogP contribution in [-0.4, -0.2) is 33.4 Å². The zero-order valence-electron chi connectivity index (χ0n) is 12.5. The van der Waals surface area contributed by atoms with Gasteiger partial charge in [0.1, 0.15) is 0 Å². The van der Waals surface area contributed by atoms with Gasteiger partial charge in [0.15, 0.2) is 0 Å². The van der Waals surface area contributed by atoms with E-state index in [1.165, 1.54) is 28.6 Å². The smallest absolute Gasteiger partial charge is 0.0510 e. The lowest BCUT2D eigenvalue weighted by atomic mass is 9.98. The Hall–Kier alpha value is -0.580. The summed E-state index contributed by atoms with van der Waals surface area (Å²) in [5.41, 5.74) is 2.64. The van der Waals surface area contributed by atoms with Crippen LogP contribution in [0.15, 0.2) is 22.7 Å². The SMILES string of the molecule is CCNCc1ccc(N2CCCC(COC)C2)c(Br)c1. The first-order valence-electron chi connectivity index (χ1n) is 7.47.